The van der Waals surface area contributed by atoms with Crippen LogP contribution >= 0.6 is 0 Å². The third-order valence-corrected chi connectivity index (χ3v) is 1.76. The molecule has 0 aliphatic heterocycles. The van der Waals surface area contributed by atoms with Gasteiger partial charge < -0.3 is 11.5 Å². The molecule has 1 amide bonds. The molecule has 1 heterocycles. The fourth-order valence-electron chi connectivity index (χ4n) is 1.01. The van der Waals surface area contributed by atoms with Gasteiger partial charge in [-0.3, -0.25) is 9.48 Å². The molecule has 0 saturated heterocycles. The molecular formula is C7H13N5O. The van der Waals surface area contributed by atoms with Gasteiger partial charge in [-0.2, -0.15) is 5.10 Å². The molecule has 1 aromatic heterocycles. The van der Waals surface area contributed by atoms with Crippen molar-refractivity contribution in [3.63, 3.8) is 0 Å². The van der Waals surface area contributed by atoms with E-state index < -0.39 is 11.9 Å². The fourth-order valence-corrected chi connectivity index (χ4v) is 1.01. The Labute approximate surface area is 75.9 Å². The Morgan fingerprint density at radius 2 is 2.46 bits per heavy atom. The number of aryl methyl sites for hydroxylation is 1. The average Bonchev–Trinajstić information content (AvgIpc) is 2.51. The molecule has 0 saturated carbocycles. The van der Waals surface area contributed by atoms with Gasteiger partial charge in [-0.05, 0) is 6.92 Å². The Bertz CT molecular complexity index is 295. The Kier molecular flexibility index (Phi) is 2.97. The van der Waals surface area contributed by atoms with Gasteiger partial charge in [0.25, 0.3) is 0 Å². The Balaban J connectivity index is 2.68. The van der Waals surface area contributed by atoms with E-state index in [4.69, 9.17) is 11.5 Å². The number of carbonyl (C=O) groups is 1. The van der Waals surface area contributed by atoms with Crippen molar-refractivity contribution in [1.29, 1.82) is 0 Å². The van der Waals surface area contributed by atoms with Crippen molar-refractivity contribution in [2.24, 2.45) is 11.5 Å². The molecule has 13 heavy (non-hydrogen) atoms. The minimum absolute atomic E-state index is 0.336. The van der Waals surface area contributed by atoms with Crippen molar-refractivity contribution in [1.82, 2.24) is 14.8 Å². The van der Waals surface area contributed by atoms with Gasteiger partial charge in [0, 0.05) is 13.0 Å². The maximum atomic E-state index is 10.7. The number of amides is 1. The third kappa shape index (κ3) is 2.25. The second-order valence-electron chi connectivity index (χ2n) is 2.71. The van der Waals surface area contributed by atoms with Crippen molar-refractivity contribution < 1.29 is 4.79 Å². The summed E-state index contributed by atoms with van der Waals surface area (Å²) in [5, 5.41) is 3.94. The molecule has 4 N–H and O–H groups in total. The first-order valence-electron chi connectivity index (χ1n) is 4.06. The maximum Gasteiger partial charge on any atom is 0.234 e. The predicted octanol–water partition coefficient (Wildman–Crippen LogP) is -1.35. The summed E-state index contributed by atoms with van der Waals surface area (Å²) in [6.07, 6.45) is 1.77. The van der Waals surface area contributed by atoms with E-state index in [0.29, 0.717) is 18.8 Å². The number of hydrogen-bond donors (Lipinski definition) is 2. The van der Waals surface area contributed by atoms with Crippen LogP contribution < -0.4 is 11.5 Å². The van der Waals surface area contributed by atoms with E-state index in [0.717, 1.165) is 0 Å². The molecule has 1 atom stereocenters. The monoisotopic (exact) mass is 183 g/mol. The molecule has 6 nitrogen and oxygen atoms in total. The van der Waals surface area contributed by atoms with Crippen molar-refractivity contribution in [3.05, 3.63) is 12.2 Å². The number of aromatic nitrogens is 3. The minimum atomic E-state index is -0.686. The zero-order chi connectivity index (χ0) is 9.84. The largest absolute Gasteiger partial charge is 0.368 e. The number of rotatable bonds is 4. The molecule has 0 aromatic carbocycles. The first-order chi connectivity index (χ1) is 6.15. The van der Waals surface area contributed by atoms with E-state index >= 15 is 0 Å². The lowest BCUT2D eigenvalue weighted by molar-refractivity contribution is -0.119. The summed E-state index contributed by atoms with van der Waals surface area (Å²) < 4.78 is 1.68. The number of nitrogens with two attached hydrogens (primary N) is 2. The van der Waals surface area contributed by atoms with Crippen LogP contribution in [-0.2, 0) is 17.8 Å². The highest BCUT2D eigenvalue weighted by Gasteiger charge is 2.13. The first kappa shape index (κ1) is 9.66. The second-order valence-corrected chi connectivity index (χ2v) is 2.71. The summed E-state index contributed by atoms with van der Waals surface area (Å²) >= 11 is 0. The highest BCUT2D eigenvalue weighted by Crippen LogP contribution is 1.97. The Hall–Kier alpha value is -1.43. The summed E-state index contributed by atoms with van der Waals surface area (Å²) in [6, 6.07) is -0.686. The predicted molar refractivity (Wildman–Crippen MR) is 46.6 cm³/mol. The minimum Gasteiger partial charge on any atom is -0.368 e. The SMILES string of the molecule is CCn1ncnc1CC(N)C(N)=O. The van der Waals surface area contributed by atoms with Crippen LogP contribution in [0.15, 0.2) is 6.33 Å². The fraction of sp³-hybridized carbons (Fsp3) is 0.571. The van der Waals surface area contributed by atoms with Crippen LogP contribution in [0.3, 0.4) is 0 Å². The van der Waals surface area contributed by atoms with Gasteiger partial charge in [0.2, 0.25) is 5.91 Å². The van der Waals surface area contributed by atoms with Gasteiger partial charge in [-0.15, -0.1) is 0 Å². The van der Waals surface area contributed by atoms with E-state index in [1.165, 1.54) is 6.33 Å². The lowest BCUT2D eigenvalue weighted by Crippen LogP contribution is -2.38. The number of carbonyl (C=O) groups excluding carboxylic acids is 1. The summed E-state index contributed by atoms with van der Waals surface area (Å²) in [4.78, 5) is 14.6. The van der Waals surface area contributed by atoms with Gasteiger partial charge in [-0.25, -0.2) is 4.98 Å². The zero-order valence-corrected chi connectivity index (χ0v) is 7.47. The molecule has 1 aromatic rings. The molecule has 0 radical (unpaired) electrons. The van der Waals surface area contributed by atoms with Crippen LogP contribution in [0.5, 0.6) is 0 Å². The number of nitrogens with zero attached hydrogens (tertiary/aromatic N) is 3. The average molecular weight is 183 g/mol. The van der Waals surface area contributed by atoms with Gasteiger partial charge in [-0.1, -0.05) is 0 Å². The van der Waals surface area contributed by atoms with E-state index in [1.807, 2.05) is 6.92 Å². The van der Waals surface area contributed by atoms with E-state index in [9.17, 15) is 4.79 Å². The van der Waals surface area contributed by atoms with Gasteiger partial charge in [0.05, 0.1) is 6.04 Å². The van der Waals surface area contributed by atoms with Crippen LogP contribution in [0.1, 0.15) is 12.7 Å². The Morgan fingerprint density at radius 3 is 3.00 bits per heavy atom. The van der Waals surface area contributed by atoms with Gasteiger partial charge in [0.1, 0.15) is 12.2 Å². The quantitative estimate of drug-likeness (QED) is 0.603. The van der Waals surface area contributed by atoms with E-state index in [1.54, 1.807) is 4.68 Å². The molecule has 0 spiro atoms. The lowest BCUT2D eigenvalue weighted by atomic mass is 10.2. The summed E-state index contributed by atoms with van der Waals surface area (Å²) in [5.41, 5.74) is 10.5. The number of primary amides is 1. The standard InChI is InChI=1S/C7H13N5O/c1-2-12-6(10-4-11-12)3-5(8)7(9)13/h4-5H,2-3,8H2,1H3,(H2,9,13). The first-order valence-corrected chi connectivity index (χ1v) is 4.06. The van der Waals surface area contributed by atoms with E-state index in [-0.39, 0.29) is 0 Å². The van der Waals surface area contributed by atoms with Crippen molar-refractivity contribution in [2.45, 2.75) is 25.9 Å². The molecule has 0 aliphatic carbocycles. The summed E-state index contributed by atoms with van der Waals surface area (Å²) in [7, 11) is 0. The molecule has 0 bridgehead atoms. The topological polar surface area (TPSA) is 99.8 Å². The molecule has 0 fully saturated rings. The highest BCUT2D eigenvalue weighted by molar-refractivity contribution is 5.79. The van der Waals surface area contributed by atoms with Crippen LogP contribution in [0.25, 0.3) is 0 Å². The van der Waals surface area contributed by atoms with Crippen LogP contribution in [-0.4, -0.2) is 26.7 Å². The molecule has 1 rings (SSSR count). The highest BCUT2D eigenvalue weighted by atomic mass is 16.1. The zero-order valence-electron chi connectivity index (χ0n) is 7.47. The molecule has 0 aliphatic rings. The van der Waals surface area contributed by atoms with Crippen molar-refractivity contribution >= 4 is 5.91 Å². The van der Waals surface area contributed by atoms with Crippen molar-refractivity contribution in [3.8, 4) is 0 Å². The van der Waals surface area contributed by atoms with Crippen LogP contribution in [0.4, 0.5) is 0 Å². The Morgan fingerprint density at radius 1 is 1.77 bits per heavy atom. The smallest absolute Gasteiger partial charge is 0.234 e. The van der Waals surface area contributed by atoms with Crippen molar-refractivity contribution in [2.75, 3.05) is 0 Å². The molecule has 6 heteroatoms. The van der Waals surface area contributed by atoms with Gasteiger partial charge in [0.15, 0.2) is 0 Å². The summed E-state index contributed by atoms with van der Waals surface area (Å²) in [5.74, 6) is 0.166. The summed E-state index contributed by atoms with van der Waals surface area (Å²) in [6.45, 7) is 2.65. The molecule has 1 unspecified atom stereocenters. The van der Waals surface area contributed by atoms with Gasteiger partial charge >= 0.3 is 0 Å². The van der Waals surface area contributed by atoms with Crippen LogP contribution in [0.2, 0.25) is 0 Å². The van der Waals surface area contributed by atoms with E-state index in [2.05, 4.69) is 10.1 Å². The third-order valence-electron chi connectivity index (χ3n) is 1.76. The second kappa shape index (κ2) is 3.99. The van der Waals surface area contributed by atoms with Crippen LogP contribution in [0, 0.1) is 0 Å². The number of hydrogen-bond acceptors (Lipinski definition) is 4. The normalized spacial score (nSPS) is 12.8. The lowest BCUT2D eigenvalue weighted by Gasteiger charge is -2.06. The molecular weight excluding hydrogens is 170 g/mol. The molecule has 72 valence electrons. The maximum absolute atomic E-state index is 10.7.